The minimum atomic E-state index is 1.10. The molecule has 0 fully saturated rings. The standard InChI is InChI=1S/C15H16/c1-3-13-9-12(2)10-15(11-13)14-7-5-4-6-8-14/h4-11H,3H2,1-2H3. The van der Waals surface area contributed by atoms with Crippen molar-refractivity contribution in [3.8, 4) is 11.1 Å². The Balaban J connectivity index is 2.49. The van der Waals surface area contributed by atoms with Gasteiger partial charge in [-0.1, -0.05) is 61.0 Å². The first-order valence-corrected chi connectivity index (χ1v) is 5.45. The Morgan fingerprint density at radius 3 is 2.27 bits per heavy atom. The monoisotopic (exact) mass is 196 g/mol. The summed E-state index contributed by atoms with van der Waals surface area (Å²) in [5, 5.41) is 0. The quantitative estimate of drug-likeness (QED) is 0.674. The second kappa shape index (κ2) is 4.31. The Morgan fingerprint density at radius 2 is 1.60 bits per heavy atom. The third kappa shape index (κ3) is 2.27. The molecule has 0 N–H and O–H groups in total. The molecule has 2 rings (SSSR count). The molecule has 2 aromatic rings. The van der Waals surface area contributed by atoms with Crippen molar-refractivity contribution in [2.24, 2.45) is 0 Å². The van der Waals surface area contributed by atoms with Gasteiger partial charge in [0, 0.05) is 0 Å². The summed E-state index contributed by atoms with van der Waals surface area (Å²) in [6.07, 6.45) is 1.10. The second-order valence-electron chi connectivity index (χ2n) is 3.93. The van der Waals surface area contributed by atoms with Crippen molar-refractivity contribution in [1.82, 2.24) is 0 Å². The lowest BCUT2D eigenvalue weighted by Gasteiger charge is -2.06. The van der Waals surface area contributed by atoms with Gasteiger partial charge in [-0.15, -0.1) is 0 Å². The van der Waals surface area contributed by atoms with Gasteiger partial charge in [0.05, 0.1) is 0 Å². The highest BCUT2D eigenvalue weighted by molar-refractivity contribution is 5.65. The van der Waals surface area contributed by atoms with Crippen LogP contribution in [-0.2, 0) is 6.42 Å². The topological polar surface area (TPSA) is 0 Å². The predicted octanol–water partition coefficient (Wildman–Crippen LogP) is 4.22. The summed E-state index contributed by atoms with van der Waals surface area (Å²) in [6, 6.07) is 17.3. The van der Waals surface area contributed by atoms with E-state index >= 15 is 0 Å². The van der Waals surface area contributed by atoms with E-state index in [4.69, 9.17) is 0 Å². The molecule has 0 aliphatic heterocycles. The van der Waals surface area contributed by atoms with Crippen LogP contribution in [0.25, 0.3) is 11.1 Å². The van der Waals surface area contributed by atoms with Gasteiger partial charge >= 0.3 is 0 Å². The lowest BCUT2D eigenvalue weighted by Crippen LogP contribution is -1.85. The molecular formula is C15H16. The van der Waals surface area contributed by atoms with E-state index in [1.807, 2.05) is 0 Å². The Kier molecular flexibility index (Phi) is 2.86. The van der Waals surface area contributed by atoms with E-state index in [9.17, 15) is 0 Å². The van der Waals surface area contributed by atoms with Crippen LogP contribution < -0.4 is 0 Å². The average Bonchev–Trinajstić information content (AvgIpc) is 2.29. The first-order chi connectivity index (χ1) is 7.29. The molecule has 0 heteroatoms. The molecular weight excluding hydrogens is 180 g/mol. The minimum absolute atomic E-state index is 1.10. The van der Waals surface area contributed by atoms with Gasteiger partial charge in [0.2, 0.25) is 0 Å². The fourth-order valence-corrected chi connectivity index (χ4v) is 1.86. The van der Waals surface area contributed by atoms with Crippen LogP contribution in [0.5, 0.6) is 0 Å². The highest BCUT2D eigenvalue weighted by Gasteiger charge is 1.99. The van der Waals surface area contributed by atoms with Gasteiger partial charge < -0.3 is 0 Å². The number of aryl methyl sites for hydroxylation is 2. The third-order valence-corrected chi connectivity index (χ3v) is 2.65. The lowest BCUT2D eigenvalue weighted by atomic mass is 9.99. The molecule has 0 nitrogen and oxygen atoms in total. The van der Waals surface area contributed by atoms with Crippen LogP contribution in [0.1, 0.15) is 18.1 Å². The van der Waals surface area contributed by atoms with Crippen molar-refractivity contribution >= 4 is 0 Å². The molecule has 0 radical (unpaired) electrons. The Morgan fingerprint density at radius 1 is 0.867 bits per heavy atom. The third-order valence-electron chi connectivity index (χ3n) is 2.65. The van der Waals surface area contributed by atoms with E-state index in [1.54, 1.807) is 0 Å². The highest BCUT2D eigenvalue weighted by Crippen LogP contribution is 2.22. The van der Waals surface area contributed by atoms with Gasteiger partial charge in [-0.25, -0.2) is 0 Å². The molecule has 0 spiro atoms. The van der Waals surface area contributed by atoms with E-state index < -0.39 is 0 Å². The smallest absolute Gasteiger partial charge is 0.0179 e. The molecule has 0 saturated heterocycles. The maximum Gasteiger partial charge on any atom is -0.0179 e. The van der Waals surface area contributed by atoms with Gasteiger partial charge in [-0.3, -0.25) is 0 Å². The largest absolute Gasteiger partial charge is 0.0622 e. The van der Waals surface area contributed by atoms with E-state index in [0.29, 0.717) is 0 Å². The molecule has 0 aromatic heterocycles. The summed E-state index contributed by atoms with van der Waals surface area (Å²) in [5.74, 6) is 0. The molecule has 76 valence electrons. The molecule has 0 amide bonds. The summed E-state index contributed by atoms with van der Waals surface area (Å²) in [4.78, 5) is 0. The number of rotatable bonds is 2. The first-order valence-electron chi connectivity index (χ1n) is 5.45. The van der Waals surface area contributed by atoms with Crippen LogP contribution in [0.2, 0.25) is 0 Å². The van der Waals surface area contributed by atoms with Crippen LogP contribution in [0.3, 0.4) is 0 Å². The van der Waals surface area contributed by atoms with Crippen molar-refractivity contribution in [1.29, 1.82) is 0 Å². The van der Waals surface area contributed by atoms with E-state index in [0.717, 1.165) is 6.42 Å². The van der Waals surface area contributed by atoms with Crippen LogP contribution in [0.4, 0.5) is 0 Å². The molecule has 0 heterocycles. The fraction of sp³-hybridized carbons (Fsp3) is 0.200. The van der Waals surface area contributed by atoms with E-state index in [1.165, 1.54) is 22.3 Å². The van der Waals surface area contributed by atoms with Crippen LogP contribution >= 0.6 is 0 Å². The summed E-state index contributed by atoms with van der Waals surface area (Å²) in [6.45, 7) is 4.36. The maximum absolute atomic E-state index is 2.28. The summed E-state index contributed by atoms with van der Waals surface area (Å²) in [7, 11) is 0. The second-order valence-corrected chi connectivity index (χ2v) is 3.93. The summed E-state index contributed by atoms with van der Waals surface area (Å²) < 4.78 is 0. The molecule has 2 aromatic carbocycles. The average molecular weight is 196 g/mol. The van der Waals surface area contributed by atoms with E-state index in [2.05, 4.69) is 62.4 Å². The first kappa shape index (κ1) is 9.97. The fourth-order valence-electron chi connectivity index (χ4n) is 1.86. The van der Waals surface area contributed by atoms with Crippen molar-refractivity contribution in [2.75, 3.05) is 0 Å². The normalized spacial score (nSPS) is 10.3. The van der Waals surface area contributed by atoms with Gasteiger partial charge in [0.15, 0.2) is 0 Å². The zero-order chi connectivity index (χ0) is 10.7. The number of hydrogen-bond acceptors (Lipinski definition) is 0. The summed E-state index contributed by atoms with van der Waals surface area (Å²) >= 11 is 0. The van der Waals surface area contributed by atoms with Gasteiger partial charge in [-0.05, 0) is 30.0 Å². The Hall–Kier alpha value is -1.56. The predicted molar refractivity (Wildman–Crippen MR) is 66.0 cm³/mol. The molecule has 0 atom stereocenters. The molecule has 0 unspecified atom stereocenters. The zero-order valence-electron chi connectivity index (χ0n) is 9.33. The summed E-state index contributed by atoms with van der Waals surface area (Å²) in [5.41, 5.74) is 5.38. The molecule has 0 saturated carbocycles. The lowest BCUT2D eigenvalue weighted by molar-refractivity contribution is 1.13. The van der Waals surface area contributed by atoms with Crippen LogP contribution in [0.15, 0.2) is 48.5 Å². The zero-order valence-corrected chi connectivity index (χ0v) is 9.33. The SMILES string of the molecule is CCc1cc(C)cc(-c2ccccc2)c1. The highest BCUT2D eigenvalue weighted by atomic mass is 14.0. The van der Waals surface area contributed by atoms with Crippen LogP contribution in [-0.4, -0.2) is 0 Å². The van der Waals surface area contributed by atoms with Gasteiger partial charge in [-0.2, -0.15) is 0 Å². The number of benzene rings is 2. The Bertz CT molecular complexity index is 441. The Labute approximate surface area is 91.6 Å². The minimum Gasteiger partial charge on any atom is -0.0622 e. The molecule has 0 aliphatic rings. The van der Waals surface area contributed by atoms with Gasteiger partial charge in [0.25, 0.3) is 0 Å². The molecule has 0 aliphatic carbocycles. The van der Waals surface area contributed by atoms with E-state index in [-0.39, 0.29) is 0 Å². The maximum atomic E-state index is 2.28. The van der Waals surface area contributed by atoms with Crippen molar-refractivity contribution in [3.63, 3.8) is 0 Å². The molecule has 0 bridgehead atoms. The van der Waals surface area contributed by atoms with Crippen molar-refractivity contribution in [3.05, 3.63) is 59.7 Å². The number of hydrogen-bond donors (Lipinski definition) is 0. The molecule has 15 heavy (non-hydrogen) atoms. The van der Waals surface area contributed by atoms with Crippen LogP contribution in [0, 0.1) is 6.92 Å². The van der Waals surface area contributed by atoms with Gasteiger partial charge in [0.1, 0.15) is 0 Å². The van der Waals surface area contributed by atoms with Crippen molar-refractivity contribution in [2.45, 2.75) is 20.3 Å². The van der Waals surface area contributed by atoms with Crippen molar-refractivity contribution < 1.29 is 0 Å².